The van der Waals surface area contributed by atoms with Gasteiger partial charge in [-0.05, 0) is 48.2 Å². The van der Waals surface area contributed by atoms with Crippen molar-refractivity contribution in [3.05, 3.63) is 64.8 Å². The van der Waals surface area contributed by atoms with Crippen molar-refractivity contribution < 1.29 is 28.2 Å². The van der Waals surface area contributed by atoms with Crippen molar-refractivity contribution in [3.8, 4) is 5.75 Å². The first-order valence-electron chi connectivity index (χ1n) is 8.89. The molecule has 0 atom stereocenters. The predicted molar refractivity (Wildman–Crippen MR) is 109 cm³/mol. The maximum absolute atomic E-state index is 10.6. The number of nitrogens with zero attached hydrogens (tertiary/aromatic N) is 2. The molecule has 0 spiro atoms. The molecule has 4 rings (SSSR count). The number of carboxylic acids is 1. The molecule has 2 aromatic carbocycles. The molecule has 3 aromatic rings. The van der Waals surface area contributed by atoms with Crippen molar-refractivity contribution >= 4 is 40.7 Å². The lowest BCUT2D eigenvalue weighted by molar-refractivity contribution is -0.192. The first kappa shape index (κ1) is 22.2. The van der Waals surface area contributed by atoms with E-state index in [1.54, 1.807) is 6.07 Å². The van der Waals surface area contributed by atoms with Crippen LogP contribution in [0.15, 0.2) is 48.7 Å². The van der Waals surface area contributed by atoms with Crippen LogP contribution in [-0.4, -0.2) is 32.3 Å². The van der Waals surface area contributed by atoms with Crippen molar-refractivity contribution in [2.24, 2.45) is 0 Å². The first-order valence-corrected chi connectivity index (χ1v) is 9.27. The van der Waals surface area contributed by atoms with Gasteiger partial charge in [-0.25, -0.2) is 9.78 Å². The van der Waals surface area contributed by atoms with Gasteiger partial charge in [-0.2, -0.15) is 18.2 Å². The number of aromatic hydroxyl groups is 1. The molecule has 1 aliphatic rings. The maximum atomic E-state index is 10.6. The van der Waals surface area contributed by atoms with E-state index in [1.807, 2.05) is 24.3 Å². The van der Waals surface area contributed by atoms with Crippen molar-refractivity contribution in [2.75, 3.05) is 10.6 Å². The SMILES string of the molecule is O=C(O)C(F)(F)F.Oc1ccc2cc1Nc1nc(ncc1Cl)Nc1cccc(c1)CC2. The highest BCUT2D eigenvalue weighted by molar-refractivity contribution is 6.32. The second kappa shape index (κ2) is 9.09. The lowest BCUT2D eigenvalue weighted by Gasteiger charge is -2.11. The minimum Gasteiger partial charge on any atom is -0.506 e. The number of rotatable bonds is 0. The van der Waals surface area contributed by atoms with Crippen LogP contribution in [0.2, 0.25) is 5.02 Å². The van der Waals surface area contributed by atoms with Gasteiger partial charge in [-0.1, -0.05) is 29.8 Å². The van der Waals surface area contributed by atoms with E-state index in [2.05, 4.69) is 32.7 Å². The number of hydrogen-bond acceptors (Lipinski definition) is 6. The number of aromatic nitrogens is 2. The highest BCUT2D eigenvalue weighted by Crippen LogP contribution is 2.31. The van der Waals surface area contributed by atoms with Gasteiger partial charge in [-0.15, -0.1) is 0 Å². The summed E-state index contributed by atoms with van der Waals surface area (Å²) in [6, 6.07) is 13.7. The third-order valence-corrected chi connectivity index (χ3v) is 4.46. The van der Waals surface area contributed by atoms with E-state index in [9.17, 15) is 18.3 Å². The zero-order chi connectivity index (χ0) is 22.6. The number of halogens is 4. The van der Waals surface area contributed by atoms with Crippen molar-refractivity contribution in [2.45, 2.75) is 19.0 Å². The van der Waals surface area contributed by atoms with Gasteiger partial charge in [0, 0.05) is 5.69 Å². The van der Waals surface area contributed by atoms with Crippen LogP contribution in [0.3, 0.4) is 0 Å². The number of anilines is 4. The van der Waals surface area contributed by atoms with Gasteiger partial charge < -0.3 is 20.8 Å². The Morgan fingerprint density at radius 3 is 2.42 bits per heavy atom. The van der Waals surface area contributed by atoms with Crippen LogP contribution >= 0.6 is 11.6 Å². The fraction of sp³-hybridized carbons (Fsp3) is 0.150. The molecule has 0 aliphatic carbocycles. The van der Waals surface area contributed by atoms with Crippen LogP contribution in [0, 0.1) is 0 Å². The molecule has 0 fully saturated rings. The lowest BCUT2D eigenvalue weighted by Crippen LogP contribution is -2.21. The van der Waals surface area contributed by atoms with E-state index in [0.29, 0.717) is 22.5 Å². The summed E-state index contributed by atoms with van der Waals surface area (Å²) < 4.78 is 31.7. The summed E-state index contributed by atoms with van der Waals surface area (Å²) in [5.41, 5.74) is 3.84. The highest BCUT2D eigenvalue weighted by Gasteiger charge is 2.38. The van der Waals surface area contributed by atoms with Gasteiger partial charge >= 0.3 is 12.1 Å². The molecule has 31 heavy (non-hydrogen) atoms. The normalized spacial score (nSPS) is 12.5. The molecule has 2 heterocycles. The third kappa shape index (κ3) is 5.98. The molecule has 0 saturated heterocycles. The third-order valence-electron chi connectivity index (χ3n) is 4.19. The Kier molecular flexibility index (Phi) is 6.50. The van der Waals surface area contributed by atoms with Crippen molar-refractivity contribution in [1.82, 2.24) is 9.97 Å². The number of aliphatic carboxylic acids is 1. The summed E-state index contributed by atoms with van der Waals surface area (Å²) in [5.74, 6) is -1.73. The zero-order valence-electron chi connectivity index (χ0n) is 15.7. The number of aryl methyl sites for hydroxylation is 2. The van der Waals surface area contributed by atoms with E-state index >= 15 is 0 Å². The summed E-state index contributed by atoms with van der Waals surface area (Å²) in [6.45, 7) is 0. The summed E-state index contributed by atoms with van der Waals surface area (Å²) in [4.78, 5) is 17.5. The standard InChI is InChI=1S/C18H15ClN4O.C2HF3O2/c19-14-10-20-18-21-13-3-1-2-11(8-13)4-5-12-6-7-16(24)15(9-12)22-17(14)23-18;3-2(4,5)1(6)7/h1-3,6-10,24H,4-5H2,(H2,20,21,22,23);(H,6,7). The fourth-order valence-corrected chi connectivity index (χ4v) is 2.84. The van der Waals surface area contributed by atoms with Gasteiger partial charge in [0.25, 0.3) is 0 Å². The molecular weight excluding hydrogens is 437 g/mol. The number of hydrogen-bond donors (Lipinski definition) is 4. The molecule has 1 aliphatic heterocycles. The number of carbonyl (C=O) groups is 1. The number of phenols is 1. The van der Waals surface area contributed by atoms with E-state index in [0.717, 1.165) is 24.1 Å². The molecule has 0 amide bonds. The predicted octanol–water partition coefficient (Wildman–Crippen LogP) is 5.05. The van der Waals surface area contributed by atoms with E-state index in [-0.39, 0.29) is 5.75 Å². The number of carboxylic acid groups (broad SMARTS) is 1. The van der Waals surface area contributed by atoms with Crippen LogP contribution in [0.5, 0.6) is 5.75 Å². The Morgan fingerprint density at radius 1 is 1.06 bits per heavy atom. The summed E-state index contributed by atoms with van der Waals surface area (Å²) in [6.07, 6.45) is -1.78. The van der Waals surface area contributed by atoms with Gasteiger partial charge in [0.2, 0.25) is 5.95 Å². The molecule has 0 unspecified atom stereocenters. The number of nitrogens with one attached hydrogen (secondary N) is 2. The maximum Gasteiger partial charge on any atom is 0.490 e. The number of benzene rings is 2. The minimum absolute atomic E-state index is 0.151. The first-order chi connectivity index (χ1) is 14.6. The smallest absolute Gasteiger partial charge is 0.490 e. The monoisotopic (exact) mass is 452 g/mol. The number of alkyl halides is 3. The Morgan fingerprint density at radius 2 is 1.74 bits per heavy atom. The molecule has 0 saturated carbocycles. The van der Waals surface area contributed by atoms with Gasteiger partial charge in [0.1, 0.15) is 10.8 Å². The van der Waals surface area contributed by atoms with E-state index < -0.39 is 12.1 Å². The molecule has 0 radical (unpaired) electrons. The Labute approximate surface area is 179 Å². The van der Waals surface area contributed by atoms with Crippen LogP contribution in [0.4, 0.5) is 36.3 Å². The molecule has 162 valence electrons. The highest BCUT2D eigenvalue weighted by atomic mass is 35.5. The second-order valence-electron chi connectivity index (χ2n) is 6.49. The lowest BCUT2D eigenvalue weighted by atomic mass is 10.0. The molecule has 1 aromatic heterocycles. The van der Waals surface area contributed by atoms with Gasteiger partial charge in [-0.3, -0.25) is 0 Å². The Hall–Kier alpha value is -3.53. The Bertz CT molecular complexity index is 1110. The fourth-order valence-electron chi connectivity index (χ4n) is 2.70. The average Bonchev–Trinajstić information content (AvgIpc) is 2.71. The molecule has 11 heteroatoms. The number of phenolic OH excluding ortho intramolecular Hbond substituents is 1. The van der Waals surface area contributed by atoms with E-state index in [4.69, 9.17) is 21.5 Å². The quantitative estimate of drug-likeness (QED) is 0.353. The summed E-state index contributed by atoms with van der Waals surface area (Å²) >= 11 is 6.19. The van der Waals surface area contributed by atoms with Crippen molar-refractivity contribution in [3.63, 3.8) is 0 Å². The van der Waals surface area contributed by atoms with E-state index in [1.165, 1.54) is 11.8 Å². The number of fused-ring (bicyclic) bond motifs is 6. The van der Waals surface area contributed by atoms with Crippen LogP contribution in [0.1, 0.15) is 11.1 Å². The summed E-state index contributed by atoms with van der Waals surface area (Å²) in [5, 5.41) is 23.9. The van der Waals surface area contributed by atoms with Crippen LogP contribution in [-0.2, 0) is 17.6 Å². The molecule has 4 N–H and O–H groups in total. The van der Waals surface area contributed by atoms with Crippen LogP contribution < -0.4 is 10.6 Å². The van der Waals surface area contributed by atoms with Crippen molar-refractivity contribution in [1.29, 1.82) is 0 Å². The van der Waals surface area contributed by atoms with Crippen LogP contribution in [0.25, 0.3) is 0 Å². The van der Waals surface area contributed by atoms with Gasteiger partial charge in [0.05, 0.1) is 11.9 Å². The molecule has 7 nitrogen and oxygen atoms in total. The topological polar surface area (TPSA) is 107 Å². The van der Waals surface area contributed by atoms with Gasteiger partial charge in [0.15, 0.2) is 5.82 Å². The largest absolute Gasteiger partial charge is 0.506 e. The molecular formula is C20H16ClF3N4O3. The zero-order valence-corrected chi connectivity index (χ0v) is 16.5. The summed E-state index contributed by atoms with van der Waals surface area (Å²) in [7, 11) is 0. The Balaban J connectivity index is 0.000000339. The molecule has 6 bridgehead atoms. The minimum atomic E-state index is -5.08. The second-order valence-corrected chi connectivity index (χ2v) is 6.90. The average molecular weight is 453 g/mol.